The fourth-order valence-electron chi connectivity index (χ4n) is 1.32. The molecule has 0 spiro atoms. The number of nitrogens with one attached hydrogen (secondary N) is 2. The molecule has 1 aromatic carbocycles. The molecule has 0 aliphatic heterocycles. The molecule has 3 rings (SSSR count). The van der Waals surface area contributed by atoms with E-state index in [2.05, 4.69) is 25.6 Å². The van der Waals surface area contributed by atoms with Crippen molar-refractivity contribution in [3.8, 4) is 0 Å². The quantitative estimate of drug-likeness (QED) is 0.515. The van der Waals surface area contributed by atoms with Gasteiger partial charge >= 0.3 is 11.9 Å². The number of aromatic nitrogens is 6. The van der Waals surface area contributed by atoms with E-state index in [9.17, 15) is 9.59 Å². The number of carboxylic acids is 2. The van der Waals surface area contributed by atoms with E-state index in [4.69, 9.17) is 10.2 Å². The molecule has 0 amide bonds. The molecule has 10 heteroatoms. The van der Waals surface area contributed by atoms with Crippen LogP contribution < -0.4 is 0 Å². The number of aromatic carboxylic acids is 2. The first-order valence-electron chi connectivity index (χ1n) is 5.22. The van der Waals surface area contributed by atoms with E-state index in [0.29, 0.717) is 0 Å². The molecule has 2 aromatic heterocycles. The highest BCUT2D eigenvalue weighted by molar-refractivity contribution is 5.98. The van der Waals surface area contributed by atoms with Crippen LogP contribution in [0.4, 0.5) is 0 Å². The molecular weight excluding hydrogens is 268 g/mol. The maximum Gasteiger partial charge on any atom is 0.359 e. The monoisotopic (exact) mass is 276 g/mol. The molecule has 2 heterocycles. The van der Waals surface area contributed by atoms with Gasteiger partial charge in [0.1, 0.15) is 11.0 Å². The molecule has 102 valence electrons. The summed E-state index contributed by atoms with van der Waals surface area (Å²) in [5, 5.41) is 35.1. The van der Waals surface area contributed by atoms with Crippen molar-refractivity contribution in [2.75, 3.05) is 0 Å². The number of rotatable bonds is 2. The van der Waals surface area contributed by atoms with Crippen molar-refractivity contribution >= 4 is 23.0 Å². The summed E-state index contributed by atoms with van der Waals surface area (Å²) in [7, 11) is 0. The normalized spacial score (nSPS) is 9.80. The summed E-state index contributed by atoms with van der Waals surface area (Å²) in [5.74, 6) is -2.84. The summed E-state index contributed by atoms with van der Waals surface area (Å²) in [5.41, 5.74) is 0.657. The van der Waals surface area contributed by atoms with Gasteiger partial charge in [-0.05, 0) is 12.1 Å². The average molecular weight is 276 g/mol. The number of fused-ring (bicyclic) bond motifs is 1. The third-order valence-electron chi connectivity index (χ3n) is 2.18. The number of carboxylic acid groups (broad SMARTS) is 2. The number of nitrogens with zero attached hydrogens (tertiary/aromatic N) is 4. The van der Waals surface area contributed by atoms with Crippen LogP contribution in [0.15, 0.2) is 24.3 Å². The Bertz CT molecular complexity index is 690. The number of benzene rings is 1. The Morgan fingerprint density at radius 1 is 0.800 bits per heavy atom. The van der Waals surface area contributed by atoms with Crippen LogP contribution in [0.5, 0.6) is 0 Å². The SMILES string of the molecule is O=C(O)c1n[nH]nc1C(=O)O.c1ccc2n[nH]nc2c1. The molecule has 0 aliphatic carbocycles. The molecule has 20 heavy (non-hydrogen) atoms. The van der Waals surface area contributed by atoms with Crippen LogP contribution in [0.25, 0.3) is 11.0 Å². The van der Waals surface area contributed by atoms with Gasteiger partial charge in [0.25, 0.3) is 0 Å². The van der Waals surface area contributed by atoms with Gasteiger partial charge in [-0.25, -0.2) is 9.59 Å². The van der Waals surface area contributed by atoms with E-state index in [1.54, 1.807) is 0 Å². The van der Waals surface area contributed by atoms with E-state index >= 15 is 0 Å². The second-order valence-electron chi connectivity index (χ2n) is 3.44. The van der Waals surface area contributed by atoms with Gasteiger partial charge in [-0.3, -0.25) is 0 Å². The van der Waals surface area contributed by atoms with Gasteiger partial charge in [-0.2, -0.15) is 20.6 Å². The molecule has 0 aliphatic rings. The Balaban J connectivity index is 0.000000149. The summed E-state index contributed by atoms with van der Waals surface area (Å²) in [6.45, 7) is 0. The van der Waals surface area contributed by atoms with Crippen LogP contribution in [0.1, 0.15) is 21.0 Å². The highest BCUT2D eigenvalue weighted by Crippen LogP contribution is 2.03. The van der Waals surface area contributed by atoms with E-state index in [1.165, 1.54) is 0 Å². The number of carbonyl (C=O) groups is 2. The summed E-state index contributed by atoms with van der Waals surface area (Å²) in [6.07, 6.45) is 0. The van der Waals surface area contributed by atoms with Gasteiger partial charge in [0.15, 0.2) is 0 Å². The minimum atomic E-state index is -1.42. The lowest BCUT2D eigenvalue weighted by Gasteiger charge is -1.85. The topological polar surface area (TPSA) is 158 Å². The summed E-state index contributed by atoms with van der Waals surface area (Å²) >= 11 is 0. The van der Waals surface area contributed by atoms with E-state index in [0.717, 1.165) is 11.0 Å². The number of hydrogen-bond acceptors (Lipinski definition) is 6. The molecule has 0 saturated heterocycles. The first-order valence-corrected chi connectivity index (χ1v) is 5.22. The molecule has 0 saturated carbocycles. The second kappa shape index (κ2) is 5.56. The van der Waals surface area contributed by atoms with Crippen LogP contribution in [-0.4, -0.2) is 53.0 Å². The first kappa shape index (κ1) is 13.1. The van der Waals surface area contributed by atoms with Gasteiger partial charge in [-0.1, -0.05) is 12.1 Å². The number of aromatic amines is 2. The Labute approximate surface area is 110 Å². The van der Waals surface area contributed by atoms with Crippen molar-refractivity contribution < 1.29 is 19.8 Å². The fourth-order valence-corrected chi connectivity index (χ4v) is 1.32. The lowest BCUT2D eigenvalue weighted by molar-refractivity contribution is 0.0644. The molecule has 4 N–H and O–H groups in total. The zero-order valence-electron chi connectivity index (χ0n) is 9.81. The summed E-state index contributed by atoms with van der Waals surface area (Å²) < 4.78 is 0. The number of para-hydroxylation sites is 2. The maximum atomic E-state index is 10.2. The molecule has 3 aromatic rings. The third-order valence-corrected chi connectivity index (χ3v) is 2.18. The molecule has 0 radical (unpaired) electrons. The predicted molar refractivity (Wildman–Crippen MR) is 64.2 cm³/mol. The zero-order chi connectivity index (χ0) is 14.5. The second-order valence-corrected chi connectivity index (χ2v) is 3.44. The Kier molecular flexibility index (Phi) is 3.65. The minimum absolute atomic E-state index is 0.586. The first-order chi connectivity index (χ1) is 9.59. The fraction of sp³-hybridized carbons (Fsp3) is 0. The van der Waals surface area contributed by atoms with E-state index < -0.39 is 23.3 Å². The largest absolute Gasteiger partial charge is 0.476 e. The highest BCUT2D eigenvalue weighted by Gasteiger charge is 2.20. The van der Waals surface area contributed by atoms with Gasteiger partial charge < -0.3 is 10.2 Å². The lowest BCUT2D eigenvalue weighted by Crippen LogP contribution is -2.07. The Hall–Kier alpha value is -3.30. The van der Waals surface area contributed by atoms with E-state index in [1.807, 2.05) is 29.5 Å². The predicted octanol–water partition coefficient (Wildman–Crippen LogP) is 0.159. The molecule has 10 nitrogen and oxygen atoms in total. The number of hydrogen-bond donors (Lipinski definition) is 4. The van der Waals surface area contributed by atoms with Gasteiger partial charge in [0, 0.05) is 0 Å². The van der Waals surface area contributed by atoms with Gasteiger partial charge in [0.05, 0.1) is 0 Å². The average Bonchev–Trinajstić information content (AvgIpc) is 3.08. The Morgan fingerprint density at radius 3 is 1.60 bits per heavy atom. The smallest absolute Gasteiger partial charge is 0.359 e. The van der Waals surface area contributed by atoms with Gasteiger partial charge in [0.2, 0.25) is 11.4 Å². The minimum Gasteiger partial charge on any atom is -0.476 e. The van der Waals surface area contributed by atoms with E-state index in [-0.39, 0.29) is 0 Å². The number of H-pyrrole nitrogens is 2. The van der Waals surface area contributed by atoms with Crippen molar-refractivity contribution in [2.24, 2.45) is 0 Å². The molecule has 0 fully saturated rings. The van der Waals surface area contributed by atoms with Gasteiger partial charge in [-0.15, -0.1) is 10.2 Å². The van der Waals surface area contributed by atoms with Crippen molar-refractivity contribution in [3.63, 3.8) is 0 Å². The third kappa shape index (κ3) is 2.75. The van der Waals surface area contributed by atoms with Crippen molar-refractivity contribution in [3.05, 3.63) is 35.7 Å². The summed E-state index contributed by atoms with van der Waals surface area (Å²) in [6, 6.07) is 7.70. The zero-order valence-corrected chi connectivity index (χ0v) is 9.81. The van der Waals surface area contributed by atoms with Crippen molar-refractivity contribution in [1.82, 2.24) is 30.8 Å². The highest BCUT2D eigenvalue weighted by atomic mass is 16.4. The maximum absolute atomic E-state index is 10.2. The van der Waals surface area contributed by atoms with Crippen LogP contribution in [0.3, 0.4) is 0 Å². The summed E-state index contributed by atoms with van der Waals surface area (Å²) in [4.78, 5) is 20.4. The van der Waals surface area contributed by atoms with Crippen LogP contribution in [0.2, 0.25) is 0 Å². The van der Waals surface area contributed by atoms with Crippen molar-refractivity contribution in [2.45, 2.75) is 0 Å². The van der Waals surface area contributed by atoms with Crippen LogP contribution >= 0.6 is 0 Å². The molecule has 0 atom stereocenters. The molecule has 0 unspecified atom stereocenters. The lowest BCUT2D eigenvalue weighted by atomic mass is 10.3. The molecule has 0 bridgehead atoms. The molecular formula is C10H8N6O4. The standard InChI is InChI=1S/C6H5N3.C4H3N3O4/c1-2-4-6-5(3-1)7-9-8-6;8-3(9)1-2(4(10)11)6-7-5-1/h1-4H,(H,7,8,9);(H,8,9)(H,10,11)(H,5,6,7). The Morgan fingerprint density at radius 2 is 1.20 bits per heavy atom. The van der Waals surface area contributed by atoms with Crippen molar-refractivity contribution in [1.29, 1.82) is 0 Å². The van der Waals surface area contributed by atoms with Crippen LogP contribution in [0, 0.1) is 0 Å². The van der Waals surface area contributed by atoms with Crippen LogP contribution in [-0.2, 0) is 0 Å².